The van der Waals surface area contributed by atoms with Crippen LogP contribution in [0.3, 0.4) is 0 Å². The van der Waals surface area contributed by atoms with E-state index < -0.39 is 28.8 Å². The second kappa shape index (κ2) is 11.2. The maximum Gasteiger partial charge on any atom is 0.309 e. The van der Waals surface area contributed by atoms with Crippen LogP contribution < -0.4 is 9.47 Å². The number of hydrogen-bond acceptors (Lipinski definition) is 5. The Labute approximate surface area is 207 Å². The van der Waals surface area contributed by atoms with Crippen LogP contribution in [-0.2, 0) is 11.2 Å². The third kappa shape index (κ3) is 5.73. The molecule has 0 radical (unpaired) electrons. The Morgan fingerprint density at radius 1 is 1.06 bits per heavy atom. The molecular weight excluding hydrogens is 473 g/mol. The number of aliphatic carboxylic acids is 1. The number of nitrogens with zero attached hydrogens (tertiary/aromatic N) is 2. The molecule has 1 N–H and O–H groups in total. The van der Waals surface area contributed by atoms with E-state index in [-0.39, 0.29) is 12.4 Å². The number of hydrogen-bond donors (Lipinski definition) is 1. The molecule has 2 heterocycles. The molecule has 192 valence electrons. The molecule has 0 bridgehead atoms. The van der Waals surface area contributed by atoms with Crippen LogP contribution in [-0.4, -0.2) is 54.3 Å². The van der Waals surface area contributed by atoms with Gasteiger partial charge in [-0.25, -0.2) is 13.2 Å². The van der Waals surface area contributed by atoms with Gasteiger partial charge in [-0.05, 0) is 81.1 Å². The molecule has 0 atom stereocenters. The van der Waals surface area contributed by atoms with Gasteiger partial charge in [-0.15, -0.1) is 0 Å². The highest BCUT2D eigenvalue weighted by Gasteiger charge is 2.40. The molecule has 0 saturated carbocycles. The van der Waals surface area contributed by atoms with Gasteiger partial charge in [0.1, 0.15) is 23.9 Å². The molecule has 1 aromatic heterocycles. The number of carboxylic acids is 1. The number of ether oxygens (including phenoxy) is 2. The van der Waals surface area contributed by atoms with Gasteiger partial charge >= 0.3 is 5.97 Å². The van der Waals surface area contributed by atoms with Gasteiger partial charge in [0.15, 0.2) is 11.6 Å². The first-order valence-corrected chi connectivity index (χ1v) is 12.0. The van der Waals surface area contributed by atoms with Crippen molar-refractivity contribution in [2.45, 2.75) is 32.1 Å². The van der Waals surface area contributed by atoms with Crippen molar-refractivity contribution in [3.8, 4) is 11.5 Å². The molecule has 1 saturated heterocycles. The Kier molecular flexibility index (Phi) is 7.98. The normalized spacial score (nSPS) is 15.7. The number of aryl methyl sites for hydroxylation is 1. The summed E-state index contributed by atoms with van der Waals surface area (Å²) in [5, 5.41) is 10.7. The lowest BCUT2D eigenvalue weighted by Crippen LogP contribution is -2.45. The molecule has 1 aliphatic rings. The summed E-state index contributed by atoms with van der Waals surface area (Å²) in [7, 11) is 1.55. The lowest BCUT2D eigenvalue weighted by atomic mass is 9.74. The zero-order chi connectivity index (χ0) is 25.7. The number of benzene rings is 2. The molecule has 0 spiro atoms. The van der Waals surface area contributed by atoms with Crippen molar-refractivity contribution in [1.82, 2.24) is 9.88 Å². The highest BCUT2D eigenvalue weighted by Crippen LogP contribution is 2.37. The smallest absolute Gasteiger partial charge is 0.309 e. The summed E-state index contributed by atoms with van der Waals surface area (Å²) in [6.45, 7) is 1.99. The minimum absolute atomic E-state index is 0.249. The molecule has 3 aromatic rings. The number of halogens is 3. The minimum Gasteiger partial charge on any atom is -0.497 e. The summed E-state index contributed by atoms with van der Waals surface area (Å²) < 4.78 is 51.8. The SMILES string of the molecule is COc1ccc2ncc(F)c(CCCC3(C(=O)O)CCN(CCOc4ccc(F)c(F)c4)CC3)c2c1. The second-order valence-corrected chi connectivity index (χ2v) is 9.17. The topological polar surface area (TPSA) is 71.9 Å². The predicted octanol–water partition coefficient (Wildman–Crippen LogP) is 5.23. The van der Waals surface area contributed by atoms with Gasteiger partial charge in [0.2, 0.25) is 0 Å². The minimum atomic E-state index is -0.963. The summed E-state index contributed by atoms with van der Waals surface area (Å²) >= 11 is 0. The largest absolute Gasteiger partial charge is 0.497 e. The third-order valence-corrected chi connectivity index (χ3v) is 7.05. The van der Waals surface area contributed by atoms with E-state index >= 15 is 0 Å². The number of likely N-dealkylation sites (tertiary alicyclic amines) is 1. The number of carbonyl (C=O) groups is 1. The number of methoxy groups -OCH3 is 1. The Hall–Kier alpha value is -3.33. The number of rotatable bonds is 10. The van der Waals surface area contributed by atoms with Crippen molar-refractivity contribution in [3.05, 3.63) is 65.6 Å². The van der Waals surface area contributed by atoms with E-state index in [1.54, 1.807) is 25.3 Å². The lowest BCUT2D eigenvalue weighted by Gasteiger charge is -2.39. The summed E-state index contributed by atoms with van der Waals surface area (Å²) in [5.41, 5.74) is 0.319. The predicted molar refractivity (Wildman–Crippen MR) is 129 cm³/mol. The van der Waals surface area contributed by atoms with Crippen LogP contribution in [0.2, 0.25) is 0 Å². The highest BCUT2D eigenvalue weighted by atomic mass is 19.2. The van der Waals surface area contributed by atoms with Crippen LogP contribution in [0.5, 0.6) is 11.5 Å². The number of aromatic nitrogens is 1. The van der Waals surface area contributed by atoms with E-state index in [4.69, 9.17) is 9.47 Å². The summed E-state index contributed by atoms with van der Waals surface area (Å²) in [5.74, 6) is -2.27. The Bertz CT molecular complexity index is 1230. The van der Waals surface area contributed by atoms with Crippen molar-refractivity contribution in [2.75, 3.05) is 33.4 Å². The van der Waals surface area contributed by atoms with Gasteiger partial charge in [0.05, 0.1) is 24.2 Å². The number of carboxylic acid groups (broad SMARTS) is 1. The maximum atomic E-state index is 14.6. The fourth-order valence-corrected chi connectivity index (χ4v) is 4.82. The van der Waals surface area contributed by atoms with Crippen LogP contribution in [0.1, 0.15) is 31.2 Å². The van der Waals surface area contributed by atoms with Gasteiger partial charge in [0.25, 0.3) is 0 Å². The maximum absolute atomic E-state index is 14.6. The van der Waals surface area contributed by atoms with Gasteiger partial charge in [0, 0.05) is 18.0 Å². The van der Waals surface area contributed by atoms with Crippen LogP contribution in [0.25, 0.3) is 10.9 Å². The van der Waals surface area contributed by atoms with E-state index in [1.807, 2.05) is 0 Å². The van der Waals surface area contributed by atoms with Gasteiger partial charge < -0.3 is 14.6 Å². The van der Waals surface area contributed by atoms with Crippen molar-refractivity contribution < 1.29 is 32.5 Å². The molecule has 9 heteroatoms. The van der Waals surface area contributed by atoms with Crippen molar-refractivity contribution in [1.29, 1.82) is 0 Å². The quantitative estimate of drug-likeness (QED) is 0.410. The van der Waals surface area contributed by atoms with Crippen molar-refractivity contribution >= 4 is 16.9 Å². The molecule has 4 rings (SSSR count). The van der Waals surface area contributed by atoms with E-state index in [0.29, 0.717) is 74.0 Å². The standard InChI is InChI=1S/C27H29F3N2O4/c1-35-18-5-7-25-21(15-18)20(24(30)17-31-25)3-2-8-27(26(33)34)9-11-32(12-10-27)13-14-36-19-4-6-22(28)23(29)16-19/h4-7,15-17H,2-3,8-14H2,1H3,(H,33,34). The van der Waals surface area contributed by atoms with Gasteiger partial charge in [-0.1, -0.05) is 0 Å². The fraction of sp³-hybridized carbons (Fsp3) is 0.407. The van der Waals surface area contributed by atoms with Gasteiger partial charge in [-0.2, -0.15) is 0 Å². The number of pyridine rings is 1. The summed E-state index contributed by atoms with van der Waals surface area (Å²) in [6, 6.07) is 8.70. The van der Waals surface area contributed by atoms with E-state index in [9.17, 15) is 23.1 Å². The molecule has 1 fully saturated rings. The first-order chi connectivity index (χ1) is 17.3. The average molecular weight is 503 g/mol. The molecular formula is C27H29F3N2O4. The highest BCUT2D eigenvalue weighted by molar-refractivity contribution is 5.83. The Balaban J connectivity index is 1.32. The summed E-state index contributed by atoms with van der Waals surface area (Å²) in [6.07, 6.45) is 3.52. The van der Waals surface area contributed by atoms with E-state index in [1.165, 1.54) is 12.3 Å². The third-order valence-electron chi connectivity index (χ3n) is 7.05. The molecule has 1 aliphatic heterocycles. The van der Waals surface area contributed by atoms with Crippen LogP contribution >= 0.6 is 0 Å². The molecule has 36 heavy (non-hydrogen) atoms. The molecule has 0 unspecified atom stereocenters. The van der Waals surface area contributed by atoms with Crippen LogP contribution in [0.4, 0.5) is 13.2 Å². The second-order valence-electron chi connectivity index (χ2n) is 9.17. The van der Waals surface area contributed by atoms with Crippen molar-refractivity contribution in [2.24, 2.45) is 5.41 Å². The molecule has 6 nitrogen and oxygen atoms in total. The van der Waals surface area contributed by atoms with Crippen LogP contribution in [0, 0.1) is 22.9 Å². The first kappa shape index (κ1) is 25.8. The zero-order valence-electron chi connectivity index (χ0n) is 20.1. The fourth-order valence-electron chi connectivity index (χ4n) is 4.82. The Morgan fingerprint density at radius 3 is 2.50 bits per heavy atom. The average Bonchev–Trinajstić information content (AvgIpc) is 2.88. The number of fused-ring (bicyclic) bond motifs is 1. The summed E-state index contributed by atoms with van der Waals surface area (Å²) in [4.78, 5) is 18.5. The van der Waals surface area contributed by atoms with Crippen molar-refractivity contribution in [3.63, 3.8) is 0 Å². The van der Waals surface area contributed by atoms with Gasteiger partial charge in [-0.3, -0.25) is 14.7 Å². The first-order valence-electron chi connectivity index (χ1n) is 12.0. The Morgan fingerprint density at radius 2 is 1.81 bits per heavy atom. The van der Waals surface area contributed by atoms with E-state index in [0.717, 1.165) is 12.1 Å². The number of piperidine rings is 1. The monoisotopic (exact) mass is 502 g/mol. The molecule has 0 aliphatic carbocycles. The zero-order valence-corrected chi connectivity index (χ0v) is 20.1. The lowest BCUT2D eigenvalue weighted by molar-refractivity contribution is -0.152. The molecule has 2 aromatic carbocycles. The van der Waals surface area contributed by atoms with Crippen LogP contribution in [0.15, 0.2) is 42.6 Å². The van der Waals surface area contributed by atoms with E-state index in [2.05, 4.69) is 9.88 Å². The molecule has 0 amide bonds.